The number of amidine groups is 2. The molecule has 0 bridgehead atoms. The van der Waals surface area contributed by atoms with Crippen molar-refractivity contribution in [2.45, 2.75) is 79.9 Å². The van der Waals surface area contributed by atoms with Crippen LogP contribution in [-0.2, 0) is 0 Å². The van der Waals surface area contributed by atoms with E-state index in [4.69, 9.17) is 25.9 Å². The Morgan fingerprint density at radius 3 is 1.91 bits per heavy atom. The van der Waals surface area contributed by atoms with Gasteiger partial charge in [0.2, 0.25) is 0 Å². The van der Waals surface area contributed by atoms with Gasteiger partial charge in [-0.3, -0.25) is 0 Å². The van der Waals surface area contributed by atoms with Crippen molar-refractivity contribution in [1.82, 2.24) is 4.98 Å². The van der Waals surface area contributed by atoms with Crippen LogP contribution < -0.4 is 31.6 Å². The summed E-state index contributed by atoms with van der Waals surface area (Å²) in [5.74, 6) is 5.59. The van der Waals surface area contributed by atoms with Crippen LogP contribution in [0.5, 0.6) is 11.5 Å². The molecular weight excluding hydrogens is 550 g/mol. The van der Waals surface area contributed by atoms with Gasteiger partial charge in [-0.15, -0.1) is 0 Å². The Kier molecular flexibility index (Phi) is 9.15. The smallest absolute Gasteiger partial charge is 0.149 e. The third kappa shape index (κ3) is 6.68. The summed E-state index contributed by atoms with van der Waals surface area (Å²) in [4.78, 5) is 14.2. The molecular formula is C35H47N7O2. The van der Waals surface area contributed by atoms with Crippen molar-refractivity contribution in [3.8, 4) is 11.5 Å². The molecule has 0 amide bonds. The molecule has 0 radical (unpaired) electrons. The predicted molar refractivity (Wildman–Crippen MR) is 179 cm³/mol. The summed E-state index contributed by atoms with van der Waals surface area (Å²) >= 11 is 0. The van der Waals surface area contributed by atoms with Gasteiger partial charge in [0, 0.05) is 22.3 Å². The quantitative estimate of drug-likeness (QED) is 0.190. The summed E-state index contributed by atoms with van der Waals surface area (Å²) in [6, 6.07) is 17.7. The highest BCUT2D eigenvalue weighted by atomic mass is 16.5. The number of ether oxygens (including phenoxy) is 2. The molecule has 0 saturated heterocycles. The number of hydrogen-bond donors (Lipinski definition) is 4. The fourth-order valence-corrected chi connectivity index (χ4v) is 6.16. The van der Waals surface area contributed by atoms with E-state index in [0.717, 1.165) is 33.8 Å². The van der Waals surface area contributed by atoms with Crippen molar-refractivity contribution < 1.29 is 9.47 Å². The molecule has 0 fully saturated rings. The van der Waals surface area contributed by atoms with Crippen molar-refractivity contribution in [3.63, 3.8) is 0 Å². The van der Waals surface area contributed by atoms with Gasteiger partial charge in [-0.1, -0.05) is 67.5 Å². The van der Waals surface area contributed by atoms with Gasteiger partial charge in [-0.25, -0.2) is 15.0 Å². The Labute approximate surface area is 261 Å². The molecule has 2 atom stereocenters. The van der Waals surface area contributed by atoms with Gasteiger partial charge in [-0.2, -0.15) is 0 Å². The van der Waals surface area contributed by atoms with Crippen LogP contribution in [-0.4, -0.2) is 28.9 Å². The SMILES string of the molecule is CC(C)C(Oc1ccc2c(c1)C(Nc1cccc(NC3N=C(N)c4ccc(OC(C(C)C)C(C)C)cc43)n1)=NC2N)C(C)C. The molecule has 234 valence electrons. The van der Waals surface area contributed by atoms with Crippen LogP contribution in [0.15, 0.2) is 64.6 Å². The summed E-state index contributed by atoms with van der Waals surface area (Å²) in [5, 5.41) is 6.82. The summed E-state index contributed by atoms with van der Waals surface area (Å²) in [7, 11) is 0. The van der Waals surface area contributed by atoms with E-state index in [1.54, 1.807) is 0 Å². The Hall–Kier alpha value is -4.11. The summed E-state index contributed by atoms with van der Waals surface area (Å²) in [5.41, 5.74) is 16.4. The standard InChI is InChI=1S/C35H47N7O2/c1-18(2)30(19(3)4)43-22-12-14-24-26(16-22)34(41-32(24)36)39-28-10-9-11-29(38-28)40-35-27-17-23(13-15-25(27)33(37)42-35)44-31(20(5)6)21(7)8/h9-21,30-32,35H,36H2,1-8H3,(H2,37,42)(H2,38,39,40,41). The van der Waals surface area contributed by atoms with Crippen LogP contribution in [0.2, 0.25) is 0 Å². The molecule has 2 aliphatic rings. The maximum atomic E-state index is 6.40. The molecule has 9 nitrogen and oxygen atoms in total. The fourth-order valence-electron chi connectivity index (χ4n) is 6.16. The van der Waals surface area contributed by atoms with Gasteiger partial charge in [0.05, 0.1) is 0 Å². The second-order valence-electron chi connectivity index (χ2n) is 13.2. The van der Waals surface area contributed by atoms with Crippen molar-refractivity contribution in [1.29, 1.82) is 0 Å². The number of hydrogen-bond acceptors (Lipinski definition) is 9. The Morgan fingerprint density at radius 2 is 1.27 bits per heavy atom. The highest BCUT2D eigenvalue weighted by molar-refractivity contribution is 6.11. The first-order valence-electron chi connectivity index (χ1n) is 15.7. The van der Waals surface area contributed by atoms with Crippen molar-refractivity contribution >= 4 is 23.3 Å². The largest absolute Gasteiger partial charge is 0.490 e. The zero-order valence-electron chi connectivity index (χ0n) is 27.1. The van der Waals surface area contributed by atoms with E-state index in [1.165, 1.54) is 0 Å². The topological polar surface area (TPSA) is 132 Å². The zero-order chi connectivity index (χ0) is 31.7. The van der Waals surface area contributed by atoms with E-state index >= 15 is 0 Å². The van der Waals surface area contributed by atoms with Gasteiger partial charge in [-0.05, 0) is 66.1 Å². The predicted octanol–water partition coefficient (Wildman–Crippen LogP) is 6.86. The molecule has 0 spiro atoms. The highest BCUT2D eigenvalue weighted by Crippen LogP contribution is 2.34. The normalized spacial score (nSPS) is 17.4. The lowest BCUT2D eigenvalue weighted by Gasteiger charge is -2.26. The first-order valence-corrected chi connectivity index (χ1v) is 15.7. The number of fused-ring (bicyclic) bond motifs is 2. The van der Waals surface area contributed by atoms with Gasteiger partial charge in [0.15, 0.2) is 0 Å². The Morgan fingerprint density at radius 1 is 0.682 bits per heavy atom. The third-order valence-corrected chi connectivity index (χ3v) is 8.18. The minimum Gasteiger partial charge on any atom is -0.490 e. The number of nitrogens with one attached hydrogen (secondary N) is 2. The summed E-state index contributed by atoms with van der Waals surface area (Å²) in [6.07, 6.45) is -0.633. The van der Waals surface area contributed by atoms with Crippen LogP contribution in [0, 0.1) is 23.7 Å². The molecule has 44 heavy (non-hydrogen) atoms. The maximum absolute atomic E-state index is 6.40. The average Bonchev–Trinajstić information content (AvgIpc) is 3.44. The molecule has 0 aliphatic carbocycles. The van der Waals surface area contributed by atoms with Crippen LogP contribution in [0.3, 0.4) is 0 Å². The molecule has 2 aromatic carbocycles. The zero-order valence-corrected chi connectivity index (χ0v) is 27.1. The van der Waals surface area contributed by atoms with Crippen LogP contribution in [0.1, 0.15) is 90.0 Å². The lowest BCUT2D eigenvalue weighted by atomic mass is 9.96. The van der Waals surface area contributed by atoms with Crippen molar-refractivity contribution in [3.05, 3.63) is 76.9 Å². The number of rotatable bonds is 11. The molecule has 9 heteroatoms. The van der Waals surface area contributed by atoms with E-state index in [1.807, 2.05) is 54.6 Å². The maximum Gasteiger partial charge on any atom is 0.149 e. The number of benzene rings is 2. The molecule has 5 rings (SSSR count). The van der Waals surface area contributed by atoms with Crippen molar-refractivity contribution in [2.24, 2.45) is 45.1 Å². The van der Waals surface area contributed by atoms with Crippen LogP contribution in [0.25, 0.3) is 0 Å². The van der Waals surface area contributed by atoms with Gasteiger partial charge in [0.1, 0.15) is 59.3 Å². The van der Waals surface area contributed by atoms with Gasteiger partial charge in [0.25, 0.3) is 0 Å². The molecule has 0 saturated carbocycles. The van der Waals surface area contributed by atoms with E-state index in [0.29, 0.717) is 47.0 Å². The lowest BCUT2D eigenvalue weighted by Crippen LogP contribution is -2.29. The molecule has 2 unspecified atom stereocenters. The average molecular weight is 598 g/mol. The second-order valence-corrected chi connectivity index (χ2v) is 13.2. The Bertz CT molecular complexity index is 1530. The number of aliphatic imine (C=N–C) groups is 2. The molecule has 3 heterocycles. The van der Waals surface area contributed by atoms with Gasteiger partial charge >= 0.3 is 0 Å². The van der Waals surface area contributed by atoms with Crippen molar-refractivity contribution in [2.75, 3.05) is 10.6 Å². The fraction of sp³-hybridized carbons (Fsp3) is 0.457. The van der Waals surface area contributed by atoms with Gasteiger partial charge < -0.3 is 31.6 Å². The molecule has 3 aromatic rings. The lowest BCUT2D eigenvalue weighted by molar-refractivity contribution is 0.105. The first kappa shape index (κ1) is 31.3. The minimum absolute atomic E-state index is 0.104. The highest BCUT2D eigenvalue weighted by Gasteiger charge is 2.28. The number of nitrogens with two attached hydrogens (primary N) is 2. The number of pyridine rings is 1. The van der Waals surface area contributed by atoms with E-state index in [-0.39, 0.29) is 18.4 Å². The summed E-state index contributed by atoms with van der Waals surface area (Å²) in [6.45, 7) is 17.5. The third-order valence-electron chi connectivity index (χ3n) is 8.18. The van der Waals surface area contributed by atoms with E-state index in [9.17, 15) is 0 Å². The molecule has 1 aromatic heterocycles. The number of nitrogens with zero attached hydrogens (tertiary/aromatic N) is 3. The second kappa shape index (κ2) is 12.9. The monoisotopic (exact) mass is 597 g/mol. The number of anilines is 2. The van der Waals surface area contributed by atoms with E-state index in [2.05, 4.69) is 76.0 Å². The van der Waals surface area contributed by atoms with Crippen LogP contribution in [0.4, 0.5) is 11.6 Å². The summed E-state index contributed by atoms with van der Waals surface area (Å²) < 4.78 is 12.8. The number of aromatic nitrogens is 1. The molecule has 6 N–H and O–H groups in total. The Balaban J connectivity index is 1.33. The first-order chi connectivity index (χ1) is 20.9. The van der Waals surface area contributed by atoms with E-state index < -0.39 is 6.17 Å². The minimum atomic E-state index is -0.455. The van der Waals surface area contributed by atoms with Crippen LogP contribution >= 0.6 is 0 Å². The molecule has 2 aliphatic heterocycles.